The van der Waals surface area contributed by atoms with Crippen LogP contribution < -0.4 is 11.3 Å². The maximum atomic E-state index is 12.5. The Kier molecular flexibility index (Phi) is 6.77. The number of nitrogens with two attached hydrogens (primary N) is 1. The topological polar surface area (TPSA) is 129 Å². The lowest BCUT2D eigenvalue weighted by Gasteiger charge is -2.31. The smallest absolute Gasteiger partial charge is 0.257 e. The van der Waals surface area contributed by atoms with Gasteiger partial charge in [0.1, 0.15) is 11.6 Å². The maximum absolute atomic E-state index is 12.5. The molecule has 6 aromatic rings. The van der Waals surface area contributed by atoms with Gasteiger partial charge in [-0.3, -0.25) is 14.8 Å². The van der Waals surface area contributed by atoms with E-state index in [2.05, 4.69) is 61.5 Å². The van der Waals surface area contributed by atoms with Crippen molar-refractivity contribution >= 4 is 16.7 Å². The second-order valence-corrected chi connectivity index (χ2v) is 10.8. The Morgan fingerprint density at radius 3 is 2.43 bits per heavy atom. The predicted molar refractivity (Wildman–Crippen MR) is 165 cm³/mol. The van der Waals surface area contributed by atoms with Crippen molar-refractivity contribution in [3.63, 3.8) is 0 Å². The molecule has 1 fully saturated rings. The van der Waals surface area contributed by atoms with Gasteiger partial charge in [0.05, 0.1) is 16.6 Å². The quantitative estimate of drug-likeness (QED) is 0.251. The first-order valence-electron chi connectivity index (χ1n) is 14.1. The van der Waals surface area contributed by atoms with Gasteiger partial charge in [0.15, 0.2) is 5.82 Å². The fraction of sp³-hybridized carbons (Fsp3) is 0.182. The van der Waals surface area contributed by atoms with Gasteiger partial charge in [0, 0.05) is 41.5 Å². The van der Waals surface area contributed by atoms with Gasteiger partial charge in [-0.1, -0.05) is 54.6 Å². The molecule has 0 amide bonds. The maximum Gasteiger partial charge on any atom is 0.257 e. The van der Waals surface area contributed by atoms with Gasteiger partial charge in [-0.15, -0.1) is 0 Å². The van der Waals surface area contributed by atoms with E-state index >= 15 is 0 Å². The van der Waals surface area contributed by atoms with Crippen LogP contribution in [0.2, 0.25) is 0 Å². The molecule has 1 saturated heterocycles. The van der Waals surface area contributed by atoms with Crippen molar-refractivity contribution in [3.8, 4) is 33.8 Å². The van der Waals surface area contributed by atoms with Crippen molar-refractivity contribution in [1.29, 1.82) is 0 Å². The predicted octanol–water partition coefficient (Wildman–Crippen LogP) is 5.40. The Hall–Kier alpha value is -5.15. The van der Waals surface area contributed by atoms with Crippen LogP contribution in [-0.4, -0.2) is 48.1 Å². The van der Waals surface area contributed by atoms with Crippen molar-refractivity contribution in [1.82, 2.24) is 35.0 Å². The molecule has 0 bridgehead atoms. The zero-order valence-corrected chi connectivity index (χ0v) is 23.0. The number of rotatable bonds is 6. The molecule has 0 unspecified atom stereocenters. The summed E-state index contributed by atoms with van der Waals surface area (Å²) in [6, 6.07) is 26.2. The molecule has 0 radical (unpaired) electrons. The molecular formula is C33H30N8O. The van der Waals surface area contributed by atoms with Gasteiger partial charge in [0.2, 0.25) is 0 Å². The molecule has 208 valence electrons. The number of nitrogens with one attached hydrogen (secondary N) is 2. The van der Waals surface area contributed by atoms with Crippen LogP contribution >= 0.6 is 0 Å². The molecule has 4 aromatic heterocycles. The summed E-state index contributed by atoms with van der Waals surface area (Å²) >= 11 is 0. The third-order valence-corrected chi connectivity index (χ3v) is 7.99. The summed E-state index contributed by atoms with van der Waals surface area (Å²) in [5, 5.41) is 8.13. The third-order valence-electron chi connectivity index (χ3n) is 7.99. The summed E-state index contributed by atoms with van der Waals surface area (Å²) in [6.07, 6.45) is 5.39. The molecule has 4 N–H and O–H groups in total. The number of nitrogens with zero attached hydrogens (tertiary/aromatic N) is 5. The minimum Gasteiger partial charge on any atom is -0.384 e. The number of aromatic nitrogens is 6. The largest absolute Gasteiger partial charge is 0.384 e. The highest BCUT2D eigenvalue weighted by Crippen LogP contribution is 2.33. The second-order valence-electron chi connectivity index (χ2n) is 10.8. The number of likely N-dealkylation sites (tertiary alicyclic amines) is 1. The van der Waals surface area contributed by atoms with Gasteiger partial charge >= 0.3 is 0 Å². The number of anilines is 1. The van der Waals surface area contributed by atoms with E-state index in [0.29, 0.717) is 28.5 Å². The molecule has 9 nitrogen and oxygen atoms in total. The Labute approximate surface area is 242 Å². The molecule has 0 saturated carbocycles. The number of H-pyrrole nitrogens is 2. The minimum atomic E-state index is -0.134. The van der Waals surface area contributed by atoms with Crippen LogP contribution in [-0.2, 0) is 6.54 Å². The average Bonchev–Trinajstić information content (AvgIpc) is 3.53. The number of piperidine rings is 1. The second kappa shape index (κ2) is 11.0. The van der Waals surface area contributed by atoms with E-state index in [0.717, 1.165) is 66.2 Å². The molecule has 0 spiro atoms. The molecule has 0 atom stereocenters. The van der Waals surface area contributed by atoms with E-state index in [4.69, 9.17) is 15.7 Å². The first kappa shape index (κ1) is 25.8. The summed E-state index contributed by atoms with van der Waals surface area (Å²) in [6.45, 7) is 2.87. The van der Waals surface area contributed by atoms with E-state index in [1.54, 1.807) is 18.5 Å². The van der Waals surface area contributed by atoms with Gasteiger partial charge in [-0.2, -0.15) is 5.10 Å². The van der Waals surface area contributed by atoms with Crippen molar-refractivity contribution in [2.75, 3.05) is 18.8 Å². The fourth-order valence-electron chi connectivity index (χ4n) is 5.68. The highest BCUT2D eigenvalue weighted by Gasteiger charge is 2.24. The standard InChI is InChI=1S/C33H30N8O/c34-29-11-10-25(19-36-29)32-38-31(39-40-32)24-13-16-41(17-14-24)20-21-6-8-23(9-7-21)30-26(22-4-2-1-3-5-22)18-27-28(37-30)12-15-35-33(27)42/h1-12,15,18-19,24H,13-14,16-17,20H2,(H2,34,36)(H,35,42)(H,38,39,40). The molecule has 1 aliphatic rings. The number of fused-ring (bicyclic) bond motifs is 1. The summed E-state index contributed by atoms with van der Waals surface area (Å²) in [7, 11) is 0. The van der Waals surface area contributed by atoms with Crippen LogP contribution in [0.4, 0.5) is 5.82 Å². The SMILES string of the molecule is Nc1ccc(-c2n[nH]c(C3CCN(Cc4ccc(-c5nc6cc[nH]c(=O)c6cc5-c5ccccc5)cc4)CC3)n2)cn1. The summed E-state index contributed by atoms with van der Waals surface area (Å²) in [5.41, 5.74) is 12.2. The van der Waals surface area contributed by atoms with Gasteiger partial charge in [-0.05, 0) is 61.3 Å². The molecule has 0 aliphatic carbocycles. The Morgan fingerprint density at radius 1 is 0.881 bits per heavy atom. The Morgan fingerprint density at radius 2 is 1.67 bits per heavy atom. The van der Waals surface area contributed by atoms with Crippen LogP contribution in [0.1, 0.15) is 30.1 Å². The van der Waals surface area contributed by atoms with Gasteiger partial charge < -0.3 is 10.7 Å². The summed E-state index contributed by atoms with van der Waals surface area (Å²) < 4.78 is 0. The van der Waals surface area contributed by atoms with Crippen LogP contribution in [0.3, 0.4) is 0 Å². The monoisotopic (exact) mass is 554 g/mol. The van der Waals surface area contributed by atoms with E-state index in [-0.39, 0.29) is 5.56 Å². The summed E-state index contributed by atoms with van der Waals surface area (Å²) in [4.78, 5) is 31.6. The lowest BCUT2D eigenvalue weighted by molar-refractivity contribution is 0.202. The molecule has 1 aliphatic heterocycles. The number of benzene rings is 2. The number of nitrogen functional groups attached to an aromatic ring is 1. The van der Waals surface area contributed by atoms with E-state index in [9.17, 15) is 4.79 Å². The van der Waals surface area contributed by atoms with Crippen molar-refractivity contribution in [2.45, 2.75) is 25.3 Å². The fourth-order valence-corrected chi connectivity index (χ4v) is 5.68. The number of pyridine rings is 3. The Balaban J connectivity index is 1.05. The highest BCUT2D eigenvalue weighted by molar-refractivity contribution is 5.91. The van der Waals surface area contributed by atoms with E-state index in [1.165, 1.54) is 5.56 Å². The van der Waals surface area contributed by atoms with Crippen molar-refractivity contribution in [2.24, 2.45) is 0 Å². The highest BCUT2D eigenvalue weighted by atomic mass is 16.1. The molecule has 7 rings (SSSR count). The van der Waals surface area contributed by atoms with E-state index in [1.807, 2.05) is 36.4 Å². The first-order valence-corrected chi connectivity index (χ1v) is 14.1. The normalized spacial score (nSPS) is 14.4. The zero-order chi connectivity index (χ0) is 28.5. The molecule has 9 heteroatoms. The van der Waals surface area contributed by atoms with Crippen molar-refractivity contribution < 1.29 is 0 Å². The average molecular weight is 555 g/mol. The molecule has 2 aromatic carbocycles. The minimum absolute atomic E-state index is 0.134. The van der Waals surface area contributed by atoms with Crippen LogP contribution in [0.5, 0.6) is 0 Å². The Bertz CT molecular complexity index is 1890. The van der Waals surface area contributed by atoms with E-state index < -0.39 is 0 Å². The van der Waals surface area contributed by atoms with Crippen LogP contribution in [0.25, 0.3) is 44.7 Å². The van der Waals surface area contributed by atoms with Crippen molar-refractivity contribution in [3.05, 3.63) is 113 Å². The third kappa shape index (κ3) is 5.17. The number of hydrogen-bond donors (Lipinski definition) is 3. The number of aromatic amines is 2. The number of hydrogen-bond acceptors (Lipinski definition) is 7. The molecular weight excluding hydrogens is 524 g/mol. The van der Waals surface area contributed by atoms with Crippen LogP contribution in [0.15, 0.2) is 96.1 Å². The van der Waals surface area contributed by atoms with Gasteiger partial charge in [0.25, 0.3) is 5.56 Å². The zero-order valence-electron chi connectivity index (χ0n) is 23.0. The van der Waals surface area contributed by atoms with Crippen LogP contribution in [0, 0.1) is 0 Å². The van der Waals surface area contributed by atoms with Gasteiger partial charge in [-0.25, -0.2) is 15.0 Å². The lowest BCUT2D eigenvalue weighted by atomic mass is 9.95. The summed E-state index contributed by atoms with van der Waals surface area (Å²) in [5.74, 6) is 2.43. The molecule has 42 heavy (non-hydrogen) atoms. The first-order chi connectivity index (χ1) is 20.6. The molecule has 5 heterocycles. The lowest BCUT2D eigenvalue weighted by Crippen LogP contribution is -2.32.